The zero-order valence-corrected chi connectivity index (χ0v) is 12.7. The summed E-state index contributed by atoms with van der Waals surface area (Å²) in [4.78, 5) is 9.77. The largest absolute Gasteiger partial charge is 0.383 e. The van der Waals surface area contributed by atoms with Gasteiger partial charge in [-0.05, 0) is 26.0 Å². The van der Waals surface area contributed by atoms with E-state index in [-0.39, 0.29) is 12.3 Å². The normalized spacial score (nSPS) is 12.2. The maximum Gasteiger partial charge on any atom is 0.289 e. The molecule has 0 saturated carbocycles. The Kier molecular flexibility index (Phi) is 5.23. The van der Waals surface area contributed by atoms with E-state index >= 15 is 0 Å². The highest BCUT2D eigenvalue weighted by Crippen LogP contribution is 2.27. The third-order valence-electron chi connectivity index (χ3n) is 2.53. The van der Waals surface area contributed by atoms with Crippen molar-refractivity contribution in [3.63, 3.8) is 0 Å². The van der Waals surface area contributed by atoms with Gasteiger partial charge in [-0.25, -0.2) is 13.1 Å². The lowest BCUT2D eigenvalue weighted by atomic mass is 10.1. The third kappa shape index (κ3) is 4.36. The minimum Gasteiger partial charge on any atom is -0.383 e. The predicted molar refractivity (Wildman–Crippen MR) is 77.2 cm³/mol. The fourth-order valence-electron chi connectivity index (χ4n) is 1.78. The molecule has 0 aliphatic rings. The molecule has 0 unspecified atom stereocenters. The van der Waals surface area contributed by atoms with Crippen molar-refractivity contribution in [2.45, 2.75) is 24.3 Å². The number of nitrogens with one attached hydrogen (secondary N) is 2. The molecule has 118 valence electrons. The van der Waals surface area contributed by atoms with E-state index in [1.807, 2.05) is 0 Å². The Balaban J connectivity index is 3.32. The molecule has 0 radical (unpaired) electrons. The van der Waals surface area contributed by atoms with Gasteiger partial charge in [0.2, 0.25) is 10.0 Å². The summed E-state index contributed by atoms with van der Waals surface area (Å²) in [7, 11) is -2.69. The van der Waals surface area contributed by atoms with E-state index in [2.05, 4.69) is 10.1 Å². The lowest BCUT2D eigenvalue weighted by Crippen LogP contribution is -2.46. The summed E-state index contributed by atoms with van der Waals surface area (Å²) >= 11 is 0. The third-order valence-corrected chi connectivity index (χ3v) is 4.26. The van der Waals surface area contributed by atoms with Crippen LogP contribution in [0.3, 0.4) is 0 Å². The van der Waals surface area contributed by atoms with Crippen LogP contribution >= 0.6 is 0 Å². The second kappa shape index (κ2) is 6.35. The molecule has 4 N–H and O–H groups in total. The topological polar surface area (TPSA) is 137 Å². The highest BCUT2D eigenvalue weighted by atomic mass is 32.2. The van der Waals surface area contributed by atoms with Crippen LogP contribution < -0.4 is 16.0 Å². The maximum atomic E-state index is 12.4. The zero-order valence-electron chi connectivity index (χ0n) is 11.9. The van der Waals surface area contributed by atoms with Crippen LogP contribution in [0, 0.1) is 10.1 Å². The van der Waals surface area contributed by atoms with E-state index in [1.165, 1.54) is 13.2 Å². The predicted octanol–water partition coefficient (Wildman–Crippen LogP) is 0.584. The van der Waals surface area contributed by atoms with Crippen molar-refractivity contribution in [2.75, 3.05) is 19.1 Å². The minimum atomic E-state index is -4.12. The van der Waals surface area contributed by atoms with Crippen LogP contribution in [-0.2, 0) is 14.8 Å². The number of nitrogen functional groups attached to an aromatic ring is 1. The quantitative estimate of drug-likeness (QED) is 0.380. The highest BCUT2D eigenvalue weighted by Gasteiger charge is 2.31. The molecule has 0 fully saturated rings. The lowest BCUT2D eigenvalue weighted by molar-refractivity contribution is -0.387. The van der Waals surface area contributed by atoms with Crippen LogP contribution in [0.1, 0.15) is 13.8 Å². The minimum absolute atomic E-state index is 0.106. The average molecular weight is 318 g/mol. The summed E-state index contributed by atoms with van der Waals surface area (Å²) in [5.74, 6) is 5.21. The highest BCUT2D eigenvalue weighted by molar-refractivity contribution is 7.89. The Hall–Kier alpha value is -1.75. The van der Waals surface area contributed by atoms with Crippen molar-refractivity contribution in [3.8, 4) is 0 Å². The Morgan fingerprint density at radius 3 is 2.52 bits per heavy atom. The number of nitrogens with two attached hydrogens (primary N) is 1. The zero-order chi connectivity index (χ0) is 16.3. The summed E-state index contributed by atoms with van der Waals surface area (Å²) in [6, 6.07) is 3.49. The Morgan fingerprint density at radius 1 is 1.43 bits per heavy atom. The molecule has 1 aromatic rings. The standard InChI is InChI=1S/C11H18N4O5S/c1-11(2,7-20-3)14-21(18,19)10-6-8(13-12)4-5-9(10)15(16)17/h4-6,13-14H,7,12H2,1-3H3. The van der Waals surface area contributed by atoms with Gasteiger partial charge in [0.1, 0.15) is 0 Å². The molecule has 0 bridgehead atoms. The first kappa shape index (κ1) is 17.3. The molecule has 0 amide bonds. The first-order valence-corrected chi connectivity index (χ1v) is 7.39. The molecule has 10 heteroatoms. The fourth-order valence-corrected chi connectivity index (χ4v) is 3.38. The van der Waals surface area contributed by atoms with Gasteiger partial charge in [-0.2, -0.15) is 0 Å². The van der Waals surface area contributed by atoms with Gasteiger partial charge in [0.25, 0.3) is 5.69 Å². The Bertz CT molecular complexity index is 630. The van der Waals surface area contributed by atoms with Gasteiger partial charge in [-0.15, -0.1) is 0 Å². The van der Waals surface area contributed by atoms with Crippen molar-refractivity contribution >= 4 is 21.4 Å². The number of hydrogen-bond donors (Lipinski definition) is 3. The second-order valence-electron chi connectivity index (χ2n) is 5.01. The molecule has 0 saturated heterocycles. The molecule has 9 nitrogen and oxygen atoms in total. The van der Waals surface area contributed by atoms with E-state index in [1.54, 1.807) is 13.8 Å². The molecule has 0 spiro atoms. The number of methoxy groups -OCH3 is 1. The van der Waals surface area contributed by atoms with E-state index in [4.69, 9.17) is 10.6 Å². The van der Waals surface area contributed by atoms with Gasteiger partial charge in [0.05, 0.1) is 22.8 Å². The number of rotatable bonds is 7. The summed E-state index contributed by atoms with van der Waals surface area (Å²) in [5, 5.41) is 11.0. The number of nitrogens with zero attached hydrogens (tertiary/aromatic N) is 1. The molecule has 0 aliphatic carbocycles. The first-order valence-electron chi connectivity index (χ1n) is 5.91. The Morgan fingerprint density at radius 2 is 2.05 bits per heavy atom. The van der Waals surface area contributed by atoms with Gasteiger partial charge < -0.3 is 10.2 Å². The van der Waals surface area contributed by atoms with Crippen LogP contribution in [0.5, 0.6) is 0 Å². The molecule has 0 aromatic heterocycles. The van der Waals surface area contributed by atoms with Gasteiger partial charge >= 0.3 is 0 Å². The number of sulfonamides is 1. The van der Waals surface area contributed by atoms with Gasteiger partial charge in [0, 0.05) is 13.2 Å². The van der Waals surface area contributed by atoms with E-state index < -0.39 is 31.1 Å². The number of ether oxygens (including phenoxy) is 1. The van der Waals surface area contributed by atoms with Gasteiger partial charge in [-0.1, -0.05) is 0 Å². The van der Waals surface area contributed by atoms with E-state index in [9.17, 15) is 18.5 Å². The van der Waals surface area contributed by atoms with E-state index in [0.29, 0.717) is 0 Å². The van der Waals surface area contributed by atoms with Gasteiger partial charge in [0.15, 0.2) is 4.90 Å². The smallest absolute Gasteiger partial charge is 0.289 e. The number of anilines is 1. The number of hydrazine groups is 1. The molecule has 0 atom stereocenters. The number of benzene rings is 1. The average Bonchev–Trinajstić information content (AvgIpc) is 2.36. The van der Waals surface area contributed by atoms with Gasteiger partial charge in [-0.3, -0.25) is 16.0 Å². The molecule has 1 aromatic carbocycles. The molecule has 21 heavy (non-hydrogen) atoms. The molecular weight excluding hydrogens is 300 g/mol. The van der Waals surface area contributed by atoms with E-state index in [0.717, 1.165) is 12.1 Å². The maximum absolute atomic E-state index is 12.4. The van der Waals surface area contributed by atoms with Crippen molar-refractivity contribution in [3.05, 3.63) is 28.3 Å². The van der Waals surface area contributed by atoms with Crippen molar-refractivity contribution in [1.29, 1.82) is 0 Å². The SMILES string of the molecule is COCC(C)(C)NS(=O)(=O)c1cc(NN)ccc1[N+](=O)[O-]. The van der Waals surface area contributed by atoms with Crippen LogP contribution in [0.15, 0.2) is 23.1 Å². The van der Waals surface area contributed by atoms with Crippen LogP contribution in [0.2, 0.25) is 0 Å². The first-order chi connectivity index (χ1) is 9.63. The lowest BCUT2D eigenvalue weighted by Gasteiger charge is -2.24. The van der Waals surface area contributed by atoms with Crippen LogP contribution in [0.25, 0.3) is 0 Å². The van der Waals surface area contributed by atoms with Crippen molar-refractivity contribution < 1.29 is 18.1 Å². The molecular formula is C11H18N4O5S. The fraction of sp³-hybridized carbons (Fsp3) is 0.455. The Labute approximate surface area is 122 Å². The molecule has 0 aliphatic heterocycles. The van der Waals surface area contributed by atoms with Crippen LogP contribution in [-0.4, -0.2) is 32.6 Å². The van der Waals surface area contributed by atoms with Crippen molar-refractivity contribution in [1.82, 2.24) is 4.72 Å². The van der Waals surface area contributed by atoms with Crippen LogP contribution in [0.4, 0.5) is 11.4 Å². The van der Waals surface area contributed by atoms with Crippen molar-refractivity contribution in [2.24, 2.45) is 5.84 Å². The number of nitro benzene ring substituents is 1. The molecule has 0 heterocycles. The summed E-state index contributed by atoms with van der Waals surface area (Å²) in [6.07, 6.45) is 0. The number of nitro groups is 1. The summed E-state index contributed by atoms with van der Waals surface area (Å²) < 4.78 is 32.0. The monoisotopic (exact) mass is 318 g/mol. The second-order valence-corrected chi connectivity index (χ2v) is 6.66. The summed E-state index contributed by atoms with van der Waals surface area (Å²) in [6.45, 7) is 3.31. The summed E-state index contributed by atoms with van der Waals surface area (Å²) in [5.41, 5.74) is 1.04. The number of hydrogen-bond acceptors (Lipinski definition) is 7. The molecule has 1 rings (SSSR count).